The van der Waals surface area contributed by atoms with Crippen molar-refractivity contribution in [1.82, 2.24) is 15.5 Å². The van der Waals surface area contributed by atoms with Gasteiger partial charge in [0.25, 0.3) is 0 Å². The monoisotopic (exact) mass is 257 g/mol. The van der Waals surface area contributed by atoms with Crippen LogP contribution in [0.3, 0.4) is 0 Å². The van der Waals surface area contributed by atoms with Crippen molar-refractivity contribution < 1.29 is 26.5 Å². The quantitative estimate of drug-likeness (QED) is 0.838. The number of halogens is 5. The fraction of sp³-hybridized carbons (Fsp3) is 0.750. The van der Waals surface area contributed by atoms with E-state index in [-0.39, 0.29) is 18.4 Å². The molecule has 0 saturated heterocycles. The van der Waals surface area contributed by atoms with Crippen LogP contribution < -0.4 is 5.32 Å². The molecule has 1 aromatic rings. The molecule has 1 aliphatic carbocycles. The fourth-order valence-electron chi connectivity index (χ4n) is 1.10. The predicted molar refractivity (Wildman–Crippen MR) is 44.1 cm³/mol. The molecule has 0 unspecified atom stereocenters. The zero-order valence-electron chi connectivity index (χ0n) is 8.39. The molecule has 2 rings (SSSR count). The number of hydrogen-bond donors (Lipinski definition) is 1. The van der Waals surface area contributed by atoms with E-state index in [9.17, 15) is 22.0 Å². The van der Waals surface area contributed by atoms with Gasteiger partial charge in [-0.2, -0.15) is 26.9 Å². The zero-order valence-corrected chi connectivity index (χ0v) is 8.39. The minimum absolute atomic E-state index is 0.0160. The highest BCUT2D eigenvalue weighted by atomic mass is 19.4. The van der Waals surface area contributed by atoms with Gasteiger partial charge >= 0.3 is 18.0 Å². The average molecular weight is 257 g/mol. The molecule has 1 aromatic heterocycles. The highest BCUT2D eigenvalue weighted by molar-refractivity contribution is 4.98. The maximum atomic E-state index is 12.7. The molecule has 0 bridgehead atoms. The molecule has 0 amide bonds. The summed E-state index contributed by atoms with van der Waals surface area (Å²) in [4.78, 5) is 3.04. The summed E-state index contributed by atoms with van der Waals surface area (Å²) in [5, 5.41) is 5.93. The van der Waals surface area contributed by atoms with Gasteiger partial charge in [0.2, 0.25) is 0 Å². The molecule has 0 radical (unpaired) electrons. The standard InChI is InChI=1S/C8H8F5N3O/c9-7(10,8(11,12)13)6-15-5(16-17-6)3-14-4-1-2-4/h4,14H,1-3H2. The molecule has 1 aliphatic rings. The third-order valence-corrected chi connectivity index (χ3v) is 2.22. The third-order valence-electron chi connectivity index (χ3n) is 2.22. The first-order valence-corrected chi connectivity index (χ1v) is 4.81. The summed E-state index contributed by atoms with van der Waals surface area (Å²) in [7, 11) is 0. The summed E-state index contributed by atoms with van der Waals surface area (Å²) >= 11 is 0. The van der Waals surface area contributed by atoms with Crippen LogP contribution >= 0.6 is 0 Å². The minimum Gasteiger partial charge on any atom is -0.332 e. The normalized spacial score (nSPS) is 17.5. The molecular formula is C8H8F5N3O. The lowest BCUT2D eigenvalue weighted by Gasteiger charge is -2.14. The number of alkyl halides is 5. The van der Waals surface area contributed by atoms with Gasteiger partial charge in [-0.25, -0.2) is 0 Å². The second kappa shape index (κ2) is 3.90. The topological polar surface area (TPSA) is 51.0 Å². The number of nitrogens with one attached hydrogen (secondary N) is 1. The van der Waals surface area contributed by atoms with Crippen LogP contribution in [0.15, 0.2) is 4.52 Å². The molecule has 1 saturated carbocycles. The Balaban J connectivity index is 2.05. The SMILES string of the molecule is FC(F)(F)C(F)(F)c1nc(CNC2CC2)no1. The van der Waals surface area contributed by atoms with E-state index in [1.807, 2.05) is 0 Å². The van der Waals surface area contributed by atoms with Gasteiger partial charge in [-0.3, -0.25) is 0 Å². The Morgan fingerprint density at radius 2 is 1.88 bits per heavy atom. The van der Waals surface area contributed by atoms with E-state index < -0.39 is 18.0 Å². The number of nitrogens with zero attached hydrogens (tertiary/aromatic N) is 2. The minimum atomic E-state index is -5.74. The van der Waals surface area contributed by atoms with Gasteiger partial charge in [-0.05, 0) is 12.8 Å². The number of rotatable bonds is 4. The molecule has 0 aliphatic heterocycles. The average Bonchev–Trinajstić information content (AvgIpc) is 2.90. The summed E-state index contributed by atoms with van der Waals surface area (Å²) < 4.78 is 65.3. The summed E-state index contributed by atoms with van der Waals surface area (Å²) in [5.41, 5.74) is 0. The van der Waals surface area contributed by atoms with Gasteiger partial charge in [0.15, 0.2) is 5.82 Å². The molecule has 0 atom stereocenters. The van der Waals surface area contributed by atoms with Crippen LogP contribution in [0, 0.1) is 0 Å². The first-order valence-electron chi connectivity index (χ1n) is 4.81. The lowest BCUT2D eigenvalue weighted by atomic mass is 10.3. The molecule has 17 heavy (non-hydrogen) atoms. The lowest BCUT2D eigenvalue weighted by molar-refractivity contribution is -0.298. The summed E-state index contributed by atoms with van der Waals surface area (Å²) in [5.74, 6) is -7.05. The Hall–Kier alpha value is -1.25. The van der Waals surface area contributed by atoms with Gasteiger partial charge in [-0.1, -0.05) is 5.16 Å². The molecule has 1 N–H and O–H groups in total. The van der Waals surface area contributed by atoms with E-state index in [0.29, 0.717) is 0 Å². The van der Waals surface area contributed by atoms with Crippen molar-refractivity contribution in [3.8, 4) is 0 Å². The Labute approximate surface area is 92.2 Å². The van der Waals surface area contributed by atoms with Crippen molar-refractivity contribution in [1.29, 1.82) is 0 Å². The molecule has 96 valence electrons. The van der Waals surface area contributed by atoms with Crippen molar-refractivity contribution in [2.24, 2.45) is 0 Å². The van der Waals surface area contributed by atoms with E-state index >= 15 is 0 Å². The largest absolute Gasteiger partial charge is 0.463 e. The maximum Gasteiger partial charge on any atom is 0.463 e. The first-order chi connectivity index (χ1) is 7.80. The Kier molecular flexibility index (Phi) is 2.80. The van der Waals surface area contributed by atoms with Gasteiger partial charge in [0, 0.05) is 6.04 Å². The highest BCUT2D eigenvalue weighted by Crippen LogP contribution is 2.42. The van der Waals surface area contributed by atoms with Gasteiger partial charge < -0.3 is 9.84 Å². The number of hydrogen-bond acceptors (Lipinski definition) is 4. The van der Waals surface area contributed by atoms with Crippen LogP contribution in [0.25, 0.3) is 0 Å². The van der Waals surface area contributed by atoms with Gasteiger partial charge in [0.1, 0.15) is 0 Å². The van der Waals surface area contributed by atoms with Gasteiger partial charge in [-0.15, -0.1) is 0 Å². The maximum absolute atomic E-state index is 12.7. The molecule has 1 heterocycles. The molecule has 4 nitrogen and oxygen atoms in total. The lowest BCUT2D eigenvalue weighted by Crippen LogP contribution is -2.34. The Bertz CT molecular complexity index is 398. The third kappa shape index (κ3) is 2.54. The molecular weight excluding hydrogens is 249 g/mol. The smallest absolute Gasteiger partial charge is 0.332 e. The first kappa shape index (κ1) is 12.2. The summed E-state index contributed by atoms with van der Waals surface area (Å²) in [6, 6.07) is 0.264. The van der Waals surface area contributed by atoms with Crippen LogP contribution in [0.2, 0.25) is 0 Å². The number of aromatic nitrogens is 2. The predicted octanol–water partition coefficient (Wildman–Crippen LogP) is 1.98. The van der Waals surface area contributed by atoms with Crippen LogP contribution in [-0.2, 0) is 12.5 Å². The second-order valence-corrected chi connectivity index (χ2v) is 3.74. The van der Waals surface area contributed by atoms with E-state index in [0.717, 1.165) is 12.8 Å². The van der Waals surface area contributed by atoms with Crippen molar-refractivity contribution in [2.75, 3.05) is 0 Å². The molecule has 1 fully saturated rings. The summed E-state index contributed by atoms with van der Waals surface area (Å²) in [6.45, 7) is 0.0160. The van der Waals surface area contributed by atoms with Crippen LogP contribution in [0.1, 0.15) is 24.6 Å². The second-order valence-electron chi connectivity index (χ2n) is 3.74. The molecule has 0 aromatic carbocycles. The van der Waals surface area contributed by atoms with Crippen molar-refractivity contribution in [3.05, 3.63) is 11.7 Å². The van der Waals surface area contributed by atoms with E-state index in [2.05, 4.69) is 20.0 Å². The van der Waals surface area contributed by atoms with E-state index in [4.69, 9.17) is 0 Å². The fourth-order valence-corrected chi connectivity index (χ4v) is 1.10. The van der Waals surface area contributed by atoms with Crippen molar-refractivity contribution in [2.45, 2.75) is 37.5 Å². The summed E-state index contributed by atoms with van der Waals surface area (Å²) in [6.07, 6.45) is -3.84. The van der Waals surface area contributed by atoms with Crippen LogP contribution in [0.4, 0.5) is 22.0 Å². The van der Waals surface area contributed by atoms with Gasteiger partial charge in [0.05, 0.1) is 6.54 Å². The zero-order chi connectivity index (χ0) is 12.7. The van der Waals surface area contributed by atoms with Crippen LogP contribution in [-0.4, -0.2) is 22.4 Å². The Morgan fingerprint density at radius 1 is 1.24 bits per heavy atom. The van der Waals surface area contributed by atoms with Crippen LogP contribution in [0.5, 0.6) is 0 Å². The Morgan fingerprint density at radius 3 is 2.41 bits per heavy atom. The molecule has 0 spiro atoms. The van der Waals surface area contributed by atoms with E-state index in [1.165, 1.54) is 0 Å². The van der Waals surface area contributed by atoms with Crippen molar-refractivity contribution in [3.63, 3.8) is 0 Å². The molecule has 9 heteroatoms. The van der Waals surface area contributed by atoms with E-state index in [1.54, 1.807) is 0 Å². The van der Waals surface area contributed by atoms with Crippen molar-refractivity contribution >= 4 is 0 Å². The highest BCUT2D eigenvalue weighted by Gasteiger charge is 2.63.